The molecule has 1 N–H and O–H groups in total. The number of nitrogens with zero attached hydrogens (tertiary/aromatic N) is 4. The van der Waals surface area contributed by atoms with Crippen LogP contribution in [0.3, 0.4) is 0 Å². The van der Waals surface area contributed by atoms with Crippen LogP contribution in [-0.4, -0.2) is 57.2 Å². The van der Waals surface area contributed by atoms with E-state index in [1.165, 1.54) is 44.1 Å². The number of benzene rings is 1. The Kier molecular flexibility index (Phi) is 8.64. The number of nitrogens with one attached hydrogen (secondary N) is 1. The Morgan fingerprint density at radius 3 is 2.79 bits per heavy atom. The summed E-state index contributed by atoms with van der Waals surface area (Å²) in [6, 6.07) is 7.83. The summed E-state index contributed by atoms with van der Waals surface area (Å²) in [6.45, 7) is 7.87. The highest BCUT2D eigenvalue weighted by Gasteiger charge is 2.16. The zero-order valence-corrected chi connectivity index (χ0v) is 18.6. The van der Waals surface area contributed by atoms with Gasteiger partial charge in [-0.05, 0) is 44.3 Å². The Morgan fingerprint density at radius 2 is 2.03 bits per heavy atom. The molecule has 1 aliphatic heterocycles. The molecule has 156 valence electrons. The number of carbonyl (C=O) groups is 1. The van der Waals surface area contributed by atoms with Crippen LogP contribution in [0.2, 0.25) is 0 Å². The standard InChI is InChI=1S/C21H29N5OS2/c1-3-12-26-19(11-15-25-13-7-4-8-14-25)23-24-21(26)29-16-20(27)22-17-9-5-6-10-18(17)28-2/h3,5-6,9-10H,1,4,7-8,11-16H2,2H3,(H,22,27). The highest BCUT2D eigenvalue weighted by molar-refractivity contribution is 7.99. The molecule has 0 bridgehead atoms. The number of anilines is 1. The third-order valence-corrected chi connectivity index (χ3v) is 6.68. The molecule has 1 fully saturated rings. The first kappa shape index (κ1) is 21.9. The van der Waals surface area contributed by atoms with Gasteiger partial charge in [-0.3, -0.25) is 4.79 Å². The van der Waals surface area contributed by atoms with Gasteiger partial charge >= 0.3 is 0 Å². The molecule has 1 aliphatic rings. The Morgan fingerprint density at radius 1 is 1.24 bits per heavy atom. The molecular formula is C21H29N5OS2. The van der Waals surface area contributed by atoms with E-state index in [1.54, 1.807) is 11.8 Å². The van der Waals surface area contributed by atoms with E-state index in [1.807, 2.05) is 36.6 Å². The van der Waals surface area contributed by atoms with Crippen LogP contribution in [0, 0.1) is 0 Å². The molecule has 0 spiro atoms. The van der Waals surface area contributed by atoms with Crippen molar-refractivity contribution in [1.29, 1.82) is 0 Å². The number of aromatic nitrogens is 3. The average molecular weight is 432 g/mol. The Hall–Kier alpha value is -1.77. The fourth-order valence-corrected chi connectivity index (χ4v) is 4.75. The van der Waals surface area contributed by atoms with Gasteiger partial charge in [-0.25, -0.2) is 0 Å². The number of hydrogen-bond acceptors (Lipinski definition) is 6. The van der Waals surface area contributed by atoms with Crippen molar-refractivity contribution in [2.75, 3.05) is 37.0 Å². The molecule has 0 atom stereocenters. The Bertz CT molecular complexity index is 817. The molecule has 0 unspecified atom stereocenters. The zero-order chi connectivity index (χ0) is 20.5. The van der Waals surface area contributed by atoms with Crippen molar-refractivity contribution in [1.82, 2.24) is 19.7 Å². The van der Waals surface area contributed by atoms with Gasteiger partial charge in [0.2, 0.25) is 5.91 Å². The lowest BCUT2D eigenvalue weighted by Crippen LogP contribution is -2.32. The summed E-state index contributed by atoms with van der Waals surface area (Å²) in [7, 11) is 0. The molecule has 0 radical (unpaired) electrons. The molecule has 1 saturated heterocycles. The number of amides is 1. The van der Waals surface area contributed by atoms with Crippen molar-refractivity contribution in [3.05, 3.63) is 42.7 Å². The average Bonchev–Trinajstić information content (AvgIpc) is 3.14. The van der Waals surface area contributed by atoms with E-state index in [-0.39, 0.29) is 5.91 Å². The number of thioether (sulfide) groups is 2. The van der Waals surface area contributed by atoms with Crippen LogP contribution in [0.25, 0.3) is 0 Å². The van der Waals surface area contributed by atoms with Gasteiger partial charge in [-0.15, -0.1) is 28.5 Å². The number of hydrogen-bond donors (Lipinski definition) is 1. The van der Waals surface area contributed by atoms with Crippen molar-refractivity contribution >= 4 is 35.1 Å². The number of para-hydroxylation sites is 1. The molecule has 6 nitrogen and oxygen atoms in total. The summed E-state index contributed by atoms with van der Waals surface area (Å²) in [5.41, 5.74) is 0.848. The smallest absolute Gasteiger partial charge is 0.234 e. The molecule has 8 heteroatoms. The number of likely N-dealkylation sites (tertiary alicyclic amines) is 1. The minimum absolute atomic E-state index is 0.0421. The van der Waals surface area contributed by atoms with Crippen molar-refractivity contribution in [2.24, 2.45) is 0 Å². The van der Waals surface area contributed by atoms with Crippen LogP contribution in [0.4, 0.5) is 5.69 Å². The van der Waals surface area contributed by atoms with Gasteiger partial charge in [0.05, 0.1) is 11.4 Å². The van der Waals surface area contributed by atoms with E-state index in [0.717, 1.165) is 34.5 Å². The summed E-state index contributed by atoms with van der Waals surface area (Å²) in [5.74, 6) is 1.22. The maximum absolute atomic E-state index is 12.4. The quantitative estimate of drug-likeness (QED) is 0.454. The third kappa shape index (κ3) is 6.35. The second kappa shape index (κ2) is 11.4. The summed E-state index contributed by atoms with van der Waals surface area (Å²) in [5, 5.41) is 12.5. The second-order valence-corrected chi connectivity index (χ2v) is 8.78. The van der Waals surface area contributed by atoms with Crippen LogP contribution in [-0.2, 0) is 17.8 Å². The first-order valence-corrected chi connectivity index (χ1v) is 12.2. The van der Waals surface area contributed by atoms with E-state index in [0.29, 0.717) is 12.3 Å². The largest absolute Gasteiger partial charge is 0.324 e. The monoisotopic (exact) mass is 431 g/mol. The number of carbonyl (C=O) groups excluding carboxylic acids is 1. The number of piperidine rings is 1. The van der Waals surface area contributed by atoms with Gasteiger partial charge in [-0.2, -0.15) is 0 Å². The van der Waals surface area contributed by atoms with E-state index in [2.05, 4.69) is 31.6 Å². The molecule has 3 rings (SSSR count). The Labute approximate surface area is 181 Å². The van der Waals surface area contributed by atoms with Gasteiger partial charge in [0.15, 0.2) is 5.16 Å². The molecule has 1 aromatic carbocycles. The molecule has 29 heavy (non-hydrogen) atoms. The predicted octanol–water partition coefficient (Wildman–Crippen LogP) is 3.95. The summed E-state index contributed by atoms with van der Waals surface area (Å²) in [4.78, 5) is 16.0. The SMILES string of the molecule is C=CCn1c(CCN2CCCCC2)nnc1SCC(=O)Nc1ccccc1SC. The van der Waals surface area contributed by atoms with Gasteiger partial charge < -0.3 is 14.8 Å². The molecule has 1 amide bonds. The van der Waals surface area contributed by atoms with E-state index < -0.39 is 0 Å². The maximum Gasteiger partial charge on any atom is 0.234 e. The van der Waals surface area contributed by atoms with E-state index in [9.17, 15) is 4.79 Å². The van der Waals surface area contributed by atoms with Crippen molar-refractivity contribution in [3.8, 4) is 0 Å². The highest BCUT2D eigenvalue weighted by atomic mass is 32.2. The minimum Gasteiger partial charge on any atom is -0.324 e. The van der Waals surface area contributed by atoms with Crippen LogP contribution in [0.15, 0.2) is 47.0 Å². The maximum atomic E-state index is 12.4. The Balaban J connectivity index is 1.57. The number of allylic oxidation sites excluding steroid dienone is 1. The second-order valence-electron chi connectivity index (χ2n) is 6.99. The molecule has 1 aromatic heterocycles. The lowest BCUT2D eigenvalue weighted by atomic mass is 10.1. The lowest BCUT2D eigenvalue weighted by molar-refractivity contribution is -0.113. The summed E-state index contributed by atoms with van der Waals surface area (Å²) < 4.78 is 2.07. The van der Waals surface area contributed by atoms with Crippen molar-refractivity contribution < 1.29 is 4.79 Å². The molecule has 2 heterocycles. The summed E-state index contributed by atoms with van der Waals surface area (Å²) >= 11 is 3.04. The lowest BCUT2D eigenvalue weighted by Gasteiger charge is -2.26. The fourth-order valence-electron chi connectivity index (χ4n) is 3.43. The molecule has 0 aliphatic carbocycles. The van der Waals surface area contributed by atoms with Crippen LogP contribution >= 0.6 is 23.5 Å². The predicted molar refractivity (Wildman–Crippen MR) is 122 cm³/mol. The normalized spacial score (nSPS) is 14.7. The first-order chi connectivity index (χ1) is 14.2. The van der Waals surface area contributed by atoms with Crippen LogP contribution in [0.5, 0.6) is 0 Å². The van der Waals surface area contributed by atoms with Crippen molar-refractivity contribution in [3.63, 3.8) is 0 Å². The van der Waals surface area contributed by atoms with Crippen LogP contribution < -0.4 is 5.32 Å². The van der Waals surface area contributed by atoms with E-state index >= 15 is 0 Å². The molecule has 2 aromatic rings. The molecular weight excluding hydrogens is 402 g/mol. The fraction of sp³-hybridized carbons (Fsp3) is 0.476. The van der Waals surface area contributed by atoms with Crippen molar-refractivity contribution in [2.45, 2.75) is 42.3 Å². The minimum atomic E-state index is -0.0421. The first-order valence-electron chi connectivity index (χ1n) is 10.0. The van der Waals surface area contributed by atoms with Gasteiger partial charge in [0, 0.05) is 24.4 Å². The highest BCUT2D eigenvalue weighted by Crippen LogP contribution is 2.25. The zero-order valence-electron chi connectivity index (χ0n) is 17.0. The van der Waals surface area contributed by atoms with Crippen LogP contribution in [0.1, 0.15) is 25.1 Å². The third-order valence-electron chi connectivity index (χ3n) is 4.92. The van der Waals surface area contributed by atoms with Gasteiger partial charge in [-0.1, -0.05) is 36.4 Å². The topological polar surface area (TPSA) is 63.1 Å². The molecule has 0 saturated carbocycles. The van der Waals surface area contributed by atoms with Gasteiger partial charge in [0.25, 0.3) is 0 Å². The van der Waals surface area contributed by atoms with E-state index in [4.69, 9.17) is 0 Å². The number of rotatable bonds is 10. The summed E-state index contributed by atoms with van der Waals surface area (Å²) in [6.07, 6.45) is 8.64. The van der Waals surface area contributed by atoms with Gasteiger partial charge in [0.1, 0.15) is 5.82 Å².